The van der Waals surface area contributed by atoms with Gasteiger partial charge >= 0.3 is 0 Å². The third kappa shape index (κ3) is 12.0. The molecular formula is C12H29N. The van der Waals surface area contributed by atoms with E-state index in [4.69, 9.17) is 0 Å². The summed E-state index contributed by atoms with van der Waals surface area (Å²) in [6.45, 7) is 13.3. The van der Waals surface area contributed by atoms with Gasteiger partial charge in [0, 0.05) is 6.54 Å². The van der Waals surface area contributed by atoms with E-state index in [0.29, 0.717) is 0 Å². The van der Waals surface area contributed by atoms with Gasteiger partial charge in [0.05, 0.1) is 0 Å². The molecule has 0 aromatic heterocycles. The van der Waals surface area contributed by atoms with Gasteiger partial charge in [-0.1, -0.05) is 41.0 Å². The van der Waals surface area contributed by atoms with Crippen molar-refractivity contribution < 1.29 is 0 Å². The maximum atomic E-state index is 2.43. The fourth-order valence-corrected chi connectivity index (χ4v) is 1.59. The average Bonchev–Trinajstić information content (AvgIpc) is 2.08. The van der Waals surface area contributed by atoms with Gasteiger partial charge in [-0.25, -0.2) is 0 Å². The standard InChI is InChI=1S/C10H23N.C2H6/c1-5-7-10(3)9-11(4)8-6-2;1-2/h10H,5-9H2,1-4H3;1-2H3. The summed E-state index contributed by atoms with van der Waals surface area (Å²) in [7, 11) is 2.22. The molecule has 1 heteroatoms. The first-order chi connectivity index (χ1) is 6.20. The molecule has 0 radical (unpaired) electrons. The van der Waals surface area contributed by atoms with Crippen LogP contribution in [0.2, 0.25) is 0 Å². The average molecular weight is 187 g/mol. The van der Waals surface area contributed by atoms with Gasteiger partial charge in [0.1, 0.15) is 0 Å². The third-order valence-electron chi connectivity index (χ3n) is 2.01. The molecule has 0 spiro atoms. The van der Waals surface area contributed by atoms with Crippen molar-refractivity contribution in [2.45, 2.75) is 53.9 Å². The molecule has 1 unspecified atom stereocenters. The Labute approximate surface area is 85.5 Å². The van der Waals surface area contributed by atoms with Crippen LogP contribution in [0.25, 0.3) is 0 Å². The summed E-state index contributed by atoms with van der Waals surface area (Å²) >= 11 is 0. The summed E-state index contributed by atoms with van der Waals surface area (Å²) in [5.41, 5.74) is 0. The zero-order chi connectivity index (χ0) is 10.7. The van der Waals surface area contributed by atoms with Gasteiger partial charge in [-0.3, -0.25) is 0 Å². The lowest BCUT2D eigenvalue weighted by Crippen LogP contribution is -2.24. The fraction of sp³-hybridized carbons (Fsp3) is 1.00. The molecule has 0 heterocycles. The van der Waals surface area contributed by atoms with E-state index in [2.05, 4.69) is 32.7 Å². The van der Waals surface area contributed by atoms with Crippen LogP contribution in [0, 0.1) is 5.92 Å². The maximum Gasteiger partial charge on any atom is 0.000396 e. The summed E-state index contributed by atoms with van der Waals surface area (Å²) in [4.78, 5) is 2.43. The largest absolute Gasteiger partial charge is 0.306 e. The molecule has 0 rings (SSSR count). The zero-order valence-electron chi connectivity index (χ0n) is 10.6. The van der Waals surface area contributed by atoms with Crippen LogP contribution in [-0.4, -0.2) is 25.0 Å². The zero-order valence-corrected chi connectivity index (χ0v) is 10.6. The maximum absolute atomic E-state index is 2.43. The van der Waals surface area contributed by atoms with Crippen molar-refractivity contribution in [1.82, 2.24) is 4.90 Å². The van der Waals surface area contributed by atoms with Crippen molar-refractivity contribution >= 4 is 0 Å². The van der Waals surface area contributed by atoms with Crippen LogP contribution >= 0.6 is 0 Å². The monoisotopic (exact) mass is 187 g/mol. The lowest BCUT2D eigenvalue weighted by atomic mass is 10.1. The van der Waals surface area contributed by atoms with E-state index in [1.54, 1.807) is 0 Å². The van der Waals surface area contributed by atoms with Crippen molar-refractivity contribution in [3.8, 4) is 0 Å². The lowest BCUT2D eigenvalue weighted by Gasteiger charge is -2.19. The number of hydrogen-bond donors (Lipinski definition) is 0. The Morgan fingerprint density at radius 2 is 1.62 bits per heavy atom. The highest BCUT2D eigenvalue weighted by molar-refractivity contribution is 4.57. The minimum atomic E-state index is 0.872. The highest BCUT2D eigenvalue weighted by Gasteiger charge is 2.03. The van der Waals surface area contributed by atoms with Crippen LogP contribution in [-0.2, 0) is 0 Å². The molecule has 0 saturated heterocycles. The van der Waals surface area contributed by atoms with Gasteiger partial charge in [-0.15, -0.1) is 0 Å². The lowest BCUT2D eigenvalue weighted by molar-refractivity contribution is 0.278. The Balaban J connectivity index is 0. The Kier molecular flexibility index (Phi) is 14.2. The second-order valence-corrected chi connectivity index (χ2v) is 3.66. The number of hydrogen-bond acceptors (Lipinski definition) is 1. The van der Waals surface area contributed by atoms with Crippen LogP contribution in [0.4, 0.5) is 0 Å². The molecule has 0 fully saturated rings. The van der Waals surface area contributed by atoms with Gasteiger partial charge in [0.15, 0.2) is 0 Å². The quantitative estimate of drug-likeness (QED) is 0.611. The summed E-state index contributed by atoms with van der Waals surface area (Å²) < 4.78 is 0. The molecule has 0 N–H and O–H groups in total. The van der Waals surface area contributed by atoms with E-state index in [9.17, 15) is 0 Å². The van der Waals surface area contributed by atoms with Gasteiger partial charge in [0.25, 0.3) is 0 Å². The van der Waals surface area contributed by atoms with Gasteiger partial charge in [-0.05, 0) is 32.4 Å². The van der Waals surface area contributed by atoms with Crippen LogP contribution in [0.5, 0.6) is 0 Å². The minimum Gasteiger partial charge on any atom is -0.306 e. The first-order valence-corrected chi connectivity index (χ1v) is 5.89. The third-order valence-corrected chi connectivity index (χ3v) is 2.01. The molecule has 0 amide bonds. The van der Waals surface area contributed by atoms with Crippen LogP contribution in [0.3, 0.4) is 0 Å². The second kappa shape index (κ2) is 12.0. The molecule has 82 valence electrons. The van der Waals surface area contributed by atoms with E-state index in [0.717, 1.165) is 5.92 Å². The van der Waals surface area contributed by atoms with Gasteiger partial charge < -0.3 is 4.90 Å². The van der Waals surface area contributed by atoms with E-state index < -0.39 is 0 Å². The Hall–Kier alpha value is -0.0400. The summed E-state index contributed by atoms with van der Waals surface area (Å²) in [6, 6.07) is 0. The van der Waals surface area contributed by atoms with Crippen molar-refractivity contribution in [3.63, 3.8) is 0 Å². The molecule has 0 bridgehead atoms. The first-order valence-electron chi connectivity index (χ1n) is 5.89. The molecule has 0 aliphatic heterocycles. The molecule has 1 nitrogen and oxygen atoms in total. The normalized spacial score (nSPS) is 12.2. The summed E-state index contributed by atoms with van der Waals surface area (Å²) in [5.74, 6) is 0.872. The first kappa shape index (κ1) is 15.4. The molecule has 0 aromatic rings. The Morgan fingerprint density at radius 1 is 1.08 bits per heavy atom. The SMILES string of the molecule is CC.CCCC(C)CN(C)CCC. The molecular weight excluding hydrogens is 158 g/mol. The van der Waals surface area contributed by atoms with E-state index in [-0.39, 0.29) is 0 Å². The van der Waals surface area contributed by atoms with Gasteiger partial charge in [-0.2, -0.15) is 0 Å². The Bertz CT molecular complexity index is 71.2. The Morgan fingerprint density at radius 3 is 2.00 bits per heavy atom. The van der Waals surface area contributed by atoms with Crippen LogP contribution in [0.1, 0.15) is 53.9 Å². The van der Waals surface area contributed by atoms with E-state index >= 15 is 0 Å². The molecule has 0 saturated carbocycles. The molecule has 13 heavy (non-hydrogen) atoms. The molecule has 0 aliphatic carbocycles. The number of nitrogens with zero attached hydrogens (tertiary/aromatic N) is 1. The van der Waals surface area contributed by atoms with E-state index in [1.807, 2.05) is 13.8 Å². The van der Waals surface area contributed by atoms with Gasteiger partial charge in [0.2, 0.25) is 0 Å². The van der Waals surface area contributed by atoms with Crippen molar-refractivity contribution in [2.24, 2.45) is 5.92 Å². The number of rotatable bonds is 6. The van der Waals surface area contributed by atoms with Crippen molar-refractivity contribution in [3.05, 3.63) is 0 Å². The second-order valence-electron chi connectivity index (χ2n) is 3.66. The van der Waals surface area contributed by atoms with Crippen LogP contribution in [0.15, 0.2) is 0 Å². The van der Waals surface area contributed by atoms with Crippen molar-refractivity contribution in [1.29, 1.82) is 0 Å². The summed E-state index contributed by atoms with van der Waals surface area (Å²) in [6.07, 6.45) is 3.96. The molecule has 0 aliphatic rings. The highest BCUT2D eigenvalue weighted by Crippen LogP contribution is 2.06. The topological polar surface area (TPSA) is 3.24 Å². The highest BCUT2D eigenvalue weighted by atomic mass is 15.1. The summed E-state index contributed by atoms with van der Waals surface area (Å²) in [5, 5.41) is 0. The predicted molar refractivity (Wildman–Crippen MR) is 63.2 cm³/mol. The van der Waals surface area contributed by atoms with E-state index in [1.165, 1.54) is 32.4 Å². The van der Waals surface area contributed by atoms with Crippen LogP contribution < -0.4 is 0 Å². The fourth-order valence-electron chi connectivity index (χ4n) is 1.59. The molecule has 1 atom stereocenters. The predicted octanol–water partition coefficient (Wildman–Crippen LogP) is 3.79. The minimum absolute atomic E-state index is 0.872. The van der Waals surface area contributed by atoms with Crippen molar-refractivity contribution in [2.75, 3.05) is 20.1 Å². The smallest absolute Gasteiger partial charge is 0.000396 e. The molecule has 0 aromatic carbocycles.